The zero-order chi connectivity index (χ0) is 21.2. The number of nitrogens with one attached hydrogen (secondary N) is 2. The van der Waals surface area contributed by atoms with Gasteiger partial charge in [-0.15, -0.1) is 24.0 Å². The van der Waals surface area contributed by atoms with Crippen LogP contribution in [0, 0.1) is 5.82 Å². The SMILES string of the molecule is CN=C(NCCc1ccccc1OC)NCC(c1ccc(F)cc1)N1CCOCC1.I. The van der Waals surface area contributed by atoms with E-state index < -0.39 is 0 Å². The first kappa shape index (κ1) is 25.4. The number of morpholine rings is 1. The Morgan fingerprint density at radius 1 is 1.13 bits per heavy atom. The molecular weight excluding hydrogens is 510 g/mol. The minimum Gasteiger partial charge on any atom is -0.496 e. The molecule has 1 unspecified atom stereocenters. The second kappa shape index (κ2) is 13.5. The van der Waals surface area contributed by atoms with Crippen LogP contribution in [0.25, 0.3) is 0 Å². The predicted molar refractivity (Wildman–Crippen MR) is 133 cm³/mol. The van der Waals surface area contributed by atoms with Gasteiger partial charge in [0.25, 0.3) is 0 Å². The van der Waals surface area contributed by atoms with Crippen LogP contribution in [0.2, 0.25) is 0 Å². The molecule has 1 fully saturated rings. The normalized spacial score (nSPS) is 15.6. The lowest BCUT2D eigenvalue weighted by molar-refractivity contribution is 0.0170. The number of methoxy groups -OCH3 is 1. The van der Waals surface area contributed by atoms with Crippen LogP contribution >= 0.6 is 24.0 Å². The molecule has 2 N–H and O–H groups in total. The molecule has 0 spiro atoms. The average molecular weight is 542 g/mol. The Kier molecular flexibility index (Phi) is 11.0. The molecule has 0 radical (unpaired) electrons. The summed E-state index contributed by atoms with van der Waals surface area (Å²) in [4.78, 5) is 6.71. The summed E-state index contributed by atoms with van der Waals surface area (Å²) >= 11 is 0. The zero-order valence-corrected chi connectivity index (χ0v) is 20.5. The molecular formula is C23H32FIN4O2. The molecule has 170 valence electrons. The topological polar surface area (TPSA) is 58.1 Å². The number of hydrogen-bond acceptors (Lipinski definition) is 4. The number of rotatable bonds is 8. The van der Waals surface area contributed by atoms with Gasteiger partial charge in [-0.05, 0) is 35.7 Å². The van der Waals surface area contributed by atoms with Gasteiger partial charge in [0.2, 0.25) is 0 Å². The van der Waals surface area contributed by atoms with E-state index in [0.717, 1.165) is 48.9 Å². The van der Waals surface area contributed by atoms with Gasteiger partial charge in [-0.1, -0.05) is 30.3 Å². The summed E-state index contributed by atoms with van der Waals surface area (Å²) in [6.45, 7) is 4.53. The first-order valence-corrected chi connectivity index (χ1v) is 10.3. The minimum atomic E-state index is -0.221. The number of halogens is 2. The van der Waals surface area contributed by atoms with Crippen molar-refractivity contribution in [3.05, 3.63) is 65.5 Å². The van der Waals surface area contributed by atoms with Crippen molar-refractivity contribution in [3.8, 4) is 5.75 Å². The summed E-state index contributed by atoms with van der Waals surface area (Å²) in [6.07, 6.45) is 0.829. The van der Waals surface area contributed by atoms with Crippen LogP contribution in [0.1, 0.15) is 17.2 Å². The molecule has 1 saturated heterocycles. The highest BCUT2D eigenvalue weighted by atomic mass is 127. The summed E-state index contributed by atoms with van der Waals surface area (Å²) in [5.41, 5.74) is 2.23. The van der Waals surface area contributed by atoms with Crippen LogP contribution in [-0.2, 0) is 11.2 Å². The third kappa shape index (κ3) is 7.62. The number of guanidine groups is 1. The van der Waals surface area contributed by atoms with Gasteiger partial charge in [-0.3, -0.25) is 9.89 Å². The molecule has 0 saturated carbocycles. The molecule has 31 heavy (non-hydrogen) atoms. The maximum absolute atomic E-state index is 13.4. The summed E-state index contributed by atoms with van der Waals surface area (Å²) in [5, 5.41) is 6.79. The highest BCUT2D eigenvalue weighted by Gasteiger charge is 2.23. The molecule has 3 rings (SSSR count). The maximum Gasteiger partial charge on any atom is 0.191 e. The van der Waals surface area contributed by atoms with Crippen LogP contribution in [-0.4, -0.2) is 64.4 Å². The molecule has 2 aromatic rings. The molecule has 1 aliphatic heterocycles. The standard InChI is InChI=1S/C23H31FN4O2.HI/c1-25-23(26-12-11-19-5-3-4-6-22(19)29-2)27-17-21(28-13-15-30-16-14-28)18-7-9-20(24)10-8-18;/h3-10,21H,11-17H2,1-2H3,(H2,25,26,27);1H. The molecule has 2 aromatic carbocycles. The van der Waals surface area contributed by atoms with Gasteiger partial charge in [0.05, 0.1) is 26.4 Å². The molecule has 0 amide bonds. The van der Waals surface area contributed by atoms with E-state index >= 15 is 0 Å². The number of para-hydroxylation sites is 1. The van der Waals surface area contributed by atoms with E-state index in [2.05, 4.69) is 26.6 Å². The highest BCUT2D eigenvalue weighted by Crippen LogP contribution is 2.22. The first-order chi connectivity index (χ1) is 14.7. The van der Waals surface area contributed by atoms with E-state index in [0.29, 0.717) is 19.8 Å². The number of aliphatic imine (C=N–C) groups is 1. The van der Waals surface area contributed by atoms with Crippen LogP contribution in [0.5, 0.6) is 5.75 Å². The van der Waals surface area contributed by atoms with E-state index in [9.17, 15) is 4.39 Å². The fourth-order valence-electron chi connectivity index (χ4n) is 3.67. The molecule has 1 atom stereocenters. The van der Waals surface area contributed by atoms with Gasteiger partial charge < -0.3 is 20.1 Å². The molecule has 0 bridgehead atoms. The van der Waals surface area contributed by atoms with Crippen LogP contribution in [0.4, 0.5) is 4.39 Å². The van der Waals surface area contributed by atoms with Crippen LogP contribution < -0.4 is 15.4 Å². The van der Waals surface area contributed by atoms with E-state index in [4.69, 9.17) is 9.47 Å². The van der Waals surface area contributed by atoms with E-state index in [1.807, 2.05) is 30.3 Å². The van der Waals surface area contributed by atoms with Crippen molar-refractivity contribution in [2.45, 2.75) is 12.5 Å². The Labute approximate surface area is 201 Å². The molecule has 1 aliphatic rings. The quantitative estimate of drug-likeness (QED) is 0.305. The van der Waals surface area contributed by atoms with Crippen LogP contribution in [0.15, 0.2) is 53.5 Å². The Bertz CT molecular complexity index is 813. The summed E-state index contributed by atoms with van der Waals surface area (Å²) < 4.78 is 24.3. The maximum atomic E-state index is 13.4. The average Bonchev–Trinajstić information content (AvgIpc) is 2.80. The Morgan fingerprint density at radius 2 is 1.84 bits per heavy atom. The van der Waals surface area contributed by atoms with Crippen molar-refractivity contribution < 1.29 is 13.9 Å². The third-order valence-electron chi connectivity index (χ3n) is 5.31. The van der Waals surface area contributed by atoms with Gasteiger partial charge in [-0.2, -0.15) is 0 Å². The van der Waals surface area contributed by atoms with Gasteiger partial charge >= 0.3 is 0 Å². The van der Waals surface area contributed by atoms with Crippen LogP contribution in [0.3, 0.4) is 0 Å². The number of ether oxygens (including phenoxy) is 2. The molecule has 0 aromatic heterocycles. The fourth-order valence-corrected chi connectivity index (χ4v) is 3.67. The van der Waals surface area contributed by atoms with Crippen molar-refractivity contribution in [1.29, 1.82) is 0 Å². The number of benzene rings is 2. The Balaban J connectivity index is 0.00000341. The van der Waals surface area contributed by atoms with E-state index in [1.165, 1.54) is 12.1 Å². The third-order valence-corrected chi connectivity index (χ3v) is 5.31. The smallest absolute Gasteiger partial charge is 0.191 e. The van der Waals surface area contributed by atoms with E-state index in [1.54, 1.807) is 14.2 Å². The van der Waals surface area contributed by atoms with Gasteiger partial charge in [0, 0.05) is 33.2 Å². The predicted octanol–water partition coefficient (Wildman–Crippen LogP) is 3.23. The lowest BCUT2D eigenvalue weighted by Crippen LogP contribution is -2.46. The Hall–Kier alpha value is -1.91. The van der Waals surface area contributed by atoms with Gasteiger partial charge in [0.15, 0.2) is 5.96 Å². The minimum absolute atomic E-state index is 0. The van der Waals surface area contributed by atoms with E-state index in [-0.39, 0.29) is 35.8 Å². The first-order valence-electron chi connectivity index (χ1n) is 10.3. The van der Waals surface area contributed by atoms with Crippen molar-refractivity contribution in [2.75, 3.05) is 53.6 Å². The van der Waals surface area contributed by atoms with Crippen molar-refractivity contribution in [2.24, 2.45) is 4.99 Å². The second-order valence-corrected chi connectivity index (χ2v) is 7.16. The zero-order valence-electron chi connectivity index (χ0n) is 18.1. The summed E-state index contributed by atoms with van der Waals surface area (Å²) in [5.74, 6) is 1.41. The molecule has 6 nitrogen and oxygen atoms in total. The number of hydrogen-bond donors (Lipinski definition) is 2. The second-order valence-electron chi connectivity index (χ2n) is 7.16. The number of nitrogens with zero attached hydrogens (tertiary/aromatic N) is 2. The van der Waals surface area contributed by atoms with Crippen molar-refractivity contribution in [1.82, 2.24) is 15.5 Å². The lowest BCUT2D eigenvalue weighted by Gasteiger charge is -2.35. The fraction of sp³-hybridized carbons (Fsp3) is 0.435. The van der Waals surface area contributed by atoms with Crippen molar-refractivity contribution in [3.63, 3.8) is 0 Å². The molecule has 8 heteroatoms. The lowest BCUT2D eigenvalue weighted by atomic mass is 10.0. The van der Waals surface area contributed by atoms with Gasteiger partial charge in [0.1, 0.15) is 11.6 Å². The van der Waals surface area contributed by atoms with Gasteiger partial charge in [-0.25, -0.2) is 4.39 Å². The summed E-state index contributed by atoms with van der Waals surface area (Å²) in [6, 6.07) is 14.9. The van der Waals surface area contributed by atoms with Crippen molar-refractivity contribution >= 4 is 29.9 Å². The highest BCUT2D eigenvalue weighted by molar-refractivity contribution is 14.0. The monoisotopic (exact) mass is 542 g/mol. The Morgan fingerprint density at radius 3 is 2.52 bits per heavy atom. The largest absolute Gasteiger partial charge is 0.496 e. The molecule has 0 aliphatic carbocycles. The molecule has 1 heterocycles. The summed E-state index contributed by atoms with van der Waals surface area (Å²) in [7, 11) is 3.45.